The van der Waals surface area contributed by atoms with Gasteiger partial charge in [0, 0.05) is 6.42 Å². The molecule has 0 spiro atoms. The summed E-state index contributed by atoms with van der Waals surface area (Å²) in [6.07, 6.45) is 73.4. The van der Waals surface area contributed by atoms with E-state index in [0.29, 0.717) is 17.4 Å². The number of rotatable bonds is 58. The number of quaternary nitrogens is 1. The van der Waals surface area contributed by atoms with Gasteiger partial charge < -0.3 is 28.8 Å². The van der Waals surface area contributed by atoms with Crippen LogP contribution in [0, 0.1) is 0 Å². The molecular formula is C64H123N2O6P. The maximum Gasteiger partial charge on any atom is 0.268 e. The lowest BCUT2D eigenvalue weighted by Crippen LogP contribution is -2.45. The Morgan fingerprint density at radius 2 is 0.795 bits per heavy atom. The summed E-state index contributed by atoms with van der Waals surface area (Å²) in [4.78, 5) is 25.6. The summed E-state index contributed by atoms with van der Waals surface area (Å²) >= 11 is 0. The summed E-state index contributed by atoms with van der Waals surface area (Å²) in [6, 6.07) is -0.891. The molecule has 0 aliphatic heterocycles. The second kappa shape index (κ2) is 55.2. The largest absolute Gasteiger partial charge is 0.756 e. The Kier molecular flexibility index (Phi) is 54.1. The molecule has 0 fully saturated rings. The SMILES string of the molecule is CCCCCCC/C=C\C/C=C\C/C=C\CCCCCCCCCCCCC(=O)NC(COP(=O)([O-])OCC[N+](C)(C)C)C(O)/C=C/CCCCCCCCCCCCCCCCCCCCCCCCCC. The molecule has 0 aromatic rings. The number of hydrogen-bond acceptors (Lipinski definition) is 6. The zero-order valence-corrected chi connectivity index (χ0v) is 50.0. The third-order valence-electron chi connectivity index (χ3n) is 14.3. The maximum absolute atomic E-state index is 13.0. The highest BCUT2D eigenvalue weighted by molar-refractivity contribution is 7.45. The van der Waals surface area contributed by atoms with E-state index in [2.05, 4.69) is 55.6 Å². The molecule has 0 aliphatic rings. The Balaban J connectivity index is 4.17. The quantitative estimate of drug-likeness (QED) is 0.0272. The Morgan fingerprint density at radius 3 is 1.15 bits per heavy atom. The van der Waals surface area contributed by atoms with E-state index in [1.54, 1.807) is 6.08 Å². The fraction of sp³-hybridized carbons (Fsp3) is 0.859. The van der Waals surface area contributed by atoms with Crippen molar-refractivity contribution in [2.45, 2.75) is 315 Å². The summed E-state index contributed by atoms with van der Waals surface area (Å²) in [5.74, 6) is -0.199. The summed E-state index contributed by atoms with van der Waals surface area (Å²) in [6.45, 7) is 4.67. The van der Waals surface area contributed by atoms with Crippen LogP contribution in [0.4, 0.5) is 0 Å². The number of nitrogens with one attached hydrogen (secondary N) is 1. The highest BCUT2D eigenvalue weighted by atomic mass is 31.2. The Labute approximate surface area is 454 Å². The third kappa shape index (κ3) is 58.0. The van der Waals surface area contributed by atoms with Crippen LogP contribution in [-0.2, 0) is 18.4 Å². The number of carbonyl (C=O) groups is 1. The summed E-state index contributed by atoms with van der Waals surface area (Å²) in [5.41, 5.74) is 0. The molecule has 0 aliphatic carbocycles. The molecule has 0 aromatic carbocycles. The molecule has 0 aromatic heterocycles. The van der Waals surface area contributed by atoms with E-state index in [-0.39, 0.29) is 19.1 Å². The predicted octanol–water partition coefficient (Wildman–Crippen LogP) is 18.9. The van der Waals surface area contributed by atoms with Gasteiger partial charge in [0.15, 0.2) is 0 Å². The molecular weight excluding hydrogens is 924 g/mol. The molecule has 2 N–H and O–H groups in total. The van der Waals surface area contributed by atoms with Gasteiger partial charge in [0.2, 0.25) is 5.91 Å². The van der Waals surface area contributed by atoms with Gasteiger partial charge in [0.05, 0.1) is 39.9 Å². The van der Waals surface area contributed by atoms with Crippen molar-refractivity contribution < 1.29 is 32.9 Å². The van der Waals surface area contributed by atoms with Gasteiger partial charge in [0.1, 0.15) is 13.2 Å². The molecule has 3 unspecified atom stereocenters. The molecule has 3 atom stereocenters. The lowest BCUT2D eigenvalue weighted by molar-refractivity contribution is -0.870. The minimum Gasteiger partial charge on any atom is -0.756 e. The summed E-state index contributed by atoms with van der Waals surface area (Å²) < 4.78 is 23.4. The number of phosphoric acid groups is 1. The van der Waals surface area contributed by atoms with E-state index in [9.17, 15) is 19.4 Å². The highest BCUT2D eigenvalue weighted by Crippen LogP contribution is 2.38. The number of allylic oxidation sites excluding steroid dienone is 7. The normalized spacial score (nSPS) is 14.1. The van der Waals surface area contributed by atoms with Gasteiger partial charge in [-0.05, 0) is 57.8 Å². The van der Waals surface area contributed by atoms with E-state index in [0.717, 1.165) is 51.4 Å². The minimum absolute atomic E-state index is 0.00224. The van der Waals surface area contributed by atoms with E-state index in [1.807, 2.05) is 27.2 Å². The van der Waals surface area contributed by atoms with Crippen molar-refractivity contribution in [2.75, 3.05) is 40.9 Å². The second-order valence-electron chi connectivity index (χ2n) is 22.8. The van der Waals surface area contributed by atoms with Crippen LogP contribution in [0.2, 0.25) is 0 Å². The predicted molar refractivity (Wildman–Crippen MR) is 316 cm³/mol. The van der Waals surface area contributed by atoms with Crippen LogP contribution in [0.5, 0.6) is 0 Å². The fourth-order valence-electron chi connectivity index (χ4n) is 9.34. The number of phosphoric ester groups is 1. The molecule has 0 radical (unpaired) electrons. The number of likely N-dealkylation sites (N-methyl/N-ethyl adjacent to an activating group) is 1. The van der Waals surface area contributed by atoms with Gasteiger partial charge >= 0.3 is 0 Å². The molecule has 0 saturated heterocycles. The number of nitrogens with zero attached hydrogens (tertiary/aromatic N) is 1. The first-order valence-electron chi connectivity index (χ1n) is 31.5. The van der Waals surface area contributed by atoms with Crippen molar-refractivity contribution in [1.29, 1.82) is 0 Å². The Bertz CT molecular complexity index is 1330. The van der Waals surface area contributed by atoms with Gasteiger partial charge in [-0.1, -0.05) is 287 Å². The highest BCUT2D eigenvalue weighted by Gasteiger charge is 2.23. The average molecular weight is 1050 g/mol. The van der Waals surface area contributed by atoms with Crippen LogP contribution in [0.3, 0.4) is 0 Å². The van der Waals surface area contributed by atoms with Gasteiger partial charge in [-0.3, -0.25) is 9.36 Å². The number of carbonyl (C=O) groups excluding carboxylic acids is 1. The number of hydrogen-bond donors (Lipinski definition) is 2. The molecule has 73 heavy (non-hydrogen) atoms. The standard InChI is InChI=1S/C64H123N2O6P/c1-6-8-10-12-14-16-18-20-22-24-26-28-30-32-34-35-37-39-41-43-45-47-49-51-53-55-57-63(67)62(61-72-73(69,70)71-60-59-66(3,4)5)65-64(68)58-56-54-52-50-48-46-44-42-40-38-36-33-31-29-27-25-23-21-19-17-15-13-11-9-7-2/h19,21,25,27,31,33,55,57,62-63,67H,6-18,20,22-24,26,28-30,32,34-54,56,58-61H2,1-5H3,(H-,65,68,69,70)/b21-19-,27-25-,33-31-,57-55+. The Morgan fingerprint density at radius 1 is 0.479 bits per heavy atom. The number of amides is 1. The van der Waals surface area contributed by atoms with Crippen molar-refractivity contribution >= 4 is 13.7 Å². The van der Waals surface area contributed by atoms with Crippen LogP contribution in [0.1, 0.15) is 303 Å². The van der Waals surface area contributed by atoms with Crippen LogP contribution in [0.15, 0.2) is 48.6 Å². The lowest BCUT2D eigenvalue weighted by atomic mass is 10.0. The van der Waals surface area contributed by atoms with Crippen LogP contribution in [-0.4, -0.2) is 68.5 Å². The molecule has 430 valence electrons. The van der Waals surface area contributed by atoms with Crippen LogP contribution < -0.4 is 10.2 Å². The molecule has 8 nitrogen and oxygen atoms in total. The van der Waals surface area contributed by atoms with Crippen LogP contribution in [0.25, 0.3) is 0 Å². The summed E-state index contributed by atoms with van der Waals surface area (Å²) in [7, 11) is 1.26. The third-order valence-corrected chi connectivity index (χ3v) is 15.2. The lowest BCUT2D eigenvalue weighted by Gasteiger charge is -2.29. The first-order chi connectivity index (χ1) is 35.5. The monoisotopic (exact) mass is 1050 g/mol. The van der Waals surface area contributed by atoms with Gasteiger partial charge in [-0.25, -0.2) is 0 Å². The number of aliphatic hydroxyl groups is 1. The van der Waals surface area contributed by atoms with E-state index in [4.69, 9.17) is 9.05 Å². The molecule has 0 heterocycles. The number of unbranched alkanes of at least 4 members (excludes halogenated alkanes) is 39. The molecule has 0 saturated carbocycles. The van der Waals surface area contributed by atoms with Crippen molar-refractivity contribution in [3.8, 4) is 0 Å². The van der Waals surface area contributed by atoms with Crippen molar-refractivity contribution in [1.82, 2.24) is 5.32 Å². The van der Waals surface area contributed by atoms with Gasteiger partial charge in [0.25, 0.3) is 7.82 Å². The first kappa shape index (κ1) is 71.5. The molecule has 1 amide bonds. The molecule has 0 bridgehead atoms. The first-order valence-corrected chi connectivity index (χ1v) is 33.0. The Hall–Kier alpha value is -1.54. The van der Waals surface area contributed by atoms with Crippen molar-refractivity contribution in [3.05, 3.63) is 48.6 Å². The van der Waals surface area contributed by atoms with Gasteiger partial charge in [-0.2, -0.15) is 0 Å². The number of aliphatic hydroxyl groups excluding tert-OH is 1. The zero-order valence-electron chi connectivity index (χ0n) is 49.1. The average Bonchev–Trinajstić information content (AvgIpc) is 3.35. The maximum atomic E-state index is 13.0. The molecule has 9 heteroatoms. The summed E-state index contributed by atoms with van der Waals surface area (Å²) in [5, 5.41) is 13.9. The van der Waals surface area contributed by atoms with Crippen molar-refractivity contribution in [2.24, 2.45) is 0 Å². The topological polar surface area (TPSA) is 108 Å². The minimum atomic E-state index is -4.60. The van der Waals surface area contributed by atoms with Crippen molar-refractivity contribution in [3.63, 3.8) is 0 Å². The van der Waals surface area contributed by atoms with E-state index >= 15 is 0 Å². The zero-order chi connectivity index (χ0) is 53.5. The fourth-order valence-corrected chi connectivity index (χ4v) is 10.1. The molecule has 0 rings (SSSR count). The van der Waals surface area contributed by atoms with E-state index < -0.39 is 20.0 Å². The van der Waals surface area contributed by atoms with E-state index in [1.165, 1.54) is 231 Å². The van der Waals surface area contributed by atoms with Crippen LogP contribution >= 0.6 is 7.82 Å². The smallest absolute Gasteiger partial charge is 0.268 e. The second-order valence-corrected chi connectivity index (χ2v) is 24.2. The van der Waals surface area contributed by atoms with Gasteiger partial charge in [-0.15, -0.1) is 0 Å².